The number of amides is 1. The SMILES string of the molecule is C=CCOC(=O)C1=C(C)N=C2SC=C(CC(=O)N(C)Cc3ccccc3)N2[C@H]1c1ccc(OC)cc1OC. The number of hydrogen-bond acceptors (Lipinski definition) is 8. The van der Waals surface area contributed by atoms with E-state index in [0.29, 0.717) is 34.5 Å². The van der Waals surface area contributed by atoms with E-state index in [2.05, 4.69) is 6.58 Å². The van der Waals surface area contributed by atoms with Crippen LogP contribution in [0, 0.1) is 0 Å². The van der Waals surface area contributed by atoms with E-state index in [0.717, 1.165) is 16.8 Å². The van der Waals surface area contributed by atoms with Gasteiger partial charge in [0.05, 0.1) is 38.0 Å². The maximum atomic E-state index is 13.3. The summed E-state index contributed by atoms with van der Waals surface area (Å²) in [7, 11) is 4.94. The Morgan fingerprint density at radius 3 is 2.61 bits per heavy atom. The molecule has 0 radical (unpaired) electrons. The highest BCUT2D eigenvalue weighted by Crippen LogP contribution is 2.47. The van der Waals surface area contributed by atoms with Crippen molar-refractivity contribution in [1.29, 1.82) is 0 Å². The maximum absolute atomic E-state index is 13.3. The lowest BCUT2D eigenvalue weighted by Crippen LogP contribution is -2.38. The van der Waals surface area contributed by atoms with Crippen molar-refractivity contribution < 1.29 is 23.8 Å². The highest BCUT2D eigenvalue weighted by atomic mass is 32.2. The molecule has 0 bridgehead atoms. The minimum Gasteiger partial charge on any atom is -0.497 e. The van der Waals surface area contributed by atoms with E-state index in [4.69, 9.17) is 19.2 Å². The summed E-state index contributed by atoms with van der Waals surface area (Å²) in [6, 6.07) is 14.7. The van der Waals surface area contributed by atoms with Crippen molar-refractivity contribution in [2.24, 2.45) is 4.99 Å². The van der Waals surface area contributed by atoms with Gasteiger partial charge < -0.3 is 24.0 Å². The lowest BCUT2D eigenvalue weighted by molar-refractivity contribution is -0.138. The number of allylic oxidation sites excluding steroid dienone is 1. The molecule has 4 rings (SSSR count). The van der Waals surface area contributed by atoms with Crippen molar-refractivity contribution in [3.05, 3.63) is 94.7 Å². The largest absolute Gasteiger partial charge is 0.497 e. The summed E-state index contributed by atoms with van der Waals surface area (Å²) in [5.74, 6) is 0.610. The van der Waals surface area contributed by atoms with Gasteiger partial charge in [0.15, 0.2) is 5.17 Å². The summed E-state index contributed by atoms with van der Waals surface area (Å²) in [5, 5.41) is 2.60. The molecule has 0 aromatic heterocycles. The van der Waals surface area contributed by atoms with E-state index in [1.54, 1.807) is 39.2 Å². The van der Waals surface area contributed by atoms with Crippen molar-refractivity contribution in [1.82, 2.24) is 9.80 Å². The molecule has 2 aliphatic rings. The van der Waals surface area contributed by atoms with Crippen molar-refractivity contribution in [2.75, 3.05) is 27.9 Å². The summed E-state index contributed by atoms with van der Waals surface area (Å²) in [6.07, 6.45) is 1.66. The number of methoxy groups -OCH3 is 2. The summed E-state index contributed by atoms with van der Waals surface area (Å²) in [4.78, 5) is 34.9. The fourth-order valence-electron chi connectivity index (χ4n) is 4.42. The molecule has 0 saturated carbocycles. The zero-order chi connectivity index (χ0) is 27.2. The Labute approximate surface area is 227 Å². The molecular formula is C29H31N3O5S. The number of benzene rings is 2. The second-order valence-corrected chi connectivity index (χ2v) is 9.64. The number of fused-ring (bicyclic) bond motifs is 1. The summed E-state index contributed by atoms with van der Waals surface area (Å²) in [6.45, 7) is 6.00. The molecule has 0 fully saturated rings. The third kappa shape index (κ3) is 5.62. The molecule has 198 valence electrons. The van der Waals surface area contributed by atoms with Crippen LogP contribution in [0.15, 0.2) is 88.6 Å². The van der Waals surface area contributed by atoms with E-state index in [9.17, 15) is 9.59 Å². The van der Waals surface area contributed by atoms with Gasteiger partial charge in [-0.15, -0.1) is 0 Å². The van der Waals surface area contributed by atoms with Gasteiger partial charge in [0.25, 0.3) is 0 Å². The molecular weight excluding hydrogens is 502 g/mol. The van der Waals surface area contributed by atoms with Gasteiger partial charge in [-0.1, -0.05) is 54.7 Å². The van der Waals surface area contributed by atoms with Gasteiger partial charge in [-0.25, -0.2) is 9.79 Å². The first-order chi connectivity index (χ1) is 18.4. The number of rotatable bonds is 10. The summed E-state index contributed by atoms with van der Waals surface area (Å²) < 4.78 is 16.6. The molecule has 0 unspecified atom stereocenters. The number of carbonyl (C=O) groups excluding carboxylic acids is 2. The minimum absolute atomic E-state index is 0.0514. The fraction of sp³-hybridized carbons (Fsp3) is 0.276. The third-order valence-corrected chi connectivity index (χ3v) is 7.20. The zero-order valence-corrected chi connectivity index (χ0v) is 22.8. The summed E-state index contributed by atoms with van der Waals surface area (Å²) in [5.41, 5.74) is 3.43. The van der Waals surface area contributed by atoms with Crippen LogP contribution in [0.3, 0.4) is 0 Å². The number of carbonyl (C=O) groups is 2. The minimum atomic E-state index is -0.617. The number of hydrogen-bond donors (Lipinski definition) is 0. The topological polar surface area (TPSA) is 80.7 Å². The Kier molecular flexibility index (Phi) is 8.58. The van der Waals surface area contributed by atoms with Crippen LogP contribution in [-0.2, 0) is 20.9 Å². The number of esters is 1. The molecule has 1 amide bonds. The first-order valence-corrected chi connectivity index (χ1v) is 13.0. The molecule has 8 nitrogen and oxygen atoms in total. The average Bonchev–Trinajstić information content (AvgIpc) is 3.32. The van der Waals surface area contributed by atoms with Crippen LogP contribution in [0.5, 0.6) is 11.5 Å². The van der Waals surface area contributed by atoms with Crippen LogP contribution in [0.4, 0.5) is 0 Å². The van der Waals surface area contributed by atoms with E-state index in [-0.39, 0.29) is 18.9 Å². The Morgan fingerprint density at radius 1 is 1.16 bits per heavy atom. The van der Waals surface area contributed by atoms with Crippen molar-refractivity contribution in [3.63, 3.8) is 0 Å². The third-order valence-electron chi connectivity index (χ3n) is 6.31. The molecule has 0 spiro atoms. The van der Waals surface area contributed by atoms with E-state index in [1.165, 1.54) is 17.8 Å². The van der Waals surface area contributed by atoms with Crippen LogP contribution < -0.4 is 9.47 Å². The normalized spacial score (nSPS) is 16.3. The molecule has 0 saturated heterocycles. The molecule has 2 aliphatic heterocycles. The molecule has 1 atom stereocenters. The molecule has 0 N–H and O–H groups in total. The van der Waals surface area contributed by atoms with Crippen molar-refractivity contribution >= 4 is 28.8 Å². The van der Waals surface area contributed by atoms with Crippen LogP contribution in [-0.4, -0.2) is 54.7 Å². The van der Waals surface area contributed by atoms with Crippen LogP contribution in [0.25, 0.3) is 0 Å². The highest BCUT2D eigenvalue weighted by molar-refractivity contribution is 8.16. The van der Waals surface area contributed by atoms with Gasteiger partial charge in [-0.3, -0.25) is 4.79 Å². The first kappa shape index (κ1) is 27.1. The van der Waals surface area contributed by atoms with Gasteiger partial charge in [0.1, 0.15) is 18.1 Å². The predicted molar refractivity (Wildman–Crippen MR) is 149 cm³/mol. The monoisotopic (exact) mass is 533 g/mol. The van der Waals surface area contributed by atoms with Gasteiger partial charge in [0, 0.05) is 30.9 Å². The van der Waals surface area contributed by atoms with Crippen LogP contribution in [0.2, 0.25) is 0 Å². The lowest BCUT2D eigenvalue weighted by atomic mass is 9.93. The standard InChI is InChI=1S/C29H31N3O5S/c1-6-14-37-28(34)26-19(2)30-29-32(27(26)23-13-12-22(35-4)16-24(23)36-5)21(18-38-29)15-25(33)31(3)17-20-10-8-7-9-11-20/h6-13,16,18,27H,1,14-15,17H2,2-5H3/t27-/m0/s1. The summed E-state index contributed by atoms with van der Waals surface area (Å²) >= 11 is 1.42. The molecule has 0 aliphatic carbocycles. The molecule has 2 heterocycles. The lowest BCUT2D eigenvalue weighted by Gasteiger charge is -2.37. The number of nitrogens with zero attached hydrogens (tertiary/aromatic N) is 3. The Balaban J connectivity index is 1.70. The number of aliphatic imine (C=N–C) groups is 1. The molecule has 38 heavy (non-hydrogen) atoms. The first-order valence-electron chi connectivity index (χ1n) is 12.1. The van der Waals surface area contributed by atoms with Crippen molar-refractivity contribution in [2.45, 2.75) is 25.9 Å². The van der Waals surface area contributed by atoms with Crippen molar-refractivity contribution in [3.8, 4) is 11.5 Å². The smallest absolute Gasteiger partial charge is 0.338 e. The Bertz CT molecular complexity index is 1320. The molecule has 9 heteroatoms. The Morgan fingerprint density at radius 2 is 1.92 bits per heavy atom. The second-order valence-electron chi connectivity index (χ2n) is 8.80. The maximum Gasteiger partial charge on any atom is 0.338 e. The highest BCUT2D eigenvalue weighted by Gasteiger charge is 2.42. The second kappa shape index (κ2) is 12.0. The van der Waals surface area contributed by atoms with Gasteiger partial charge in [-0.05, 0) is 30.0 Å². The Hall–Kier alpha value is -3.98. The number of ether oxygens (including phenoxy) is 3. The number of thioether (sulfide) groups is 1. The predicted octanol–water partition coefficient (Wildman–Crippen LogP) is 5.06. The average molecular weight is 534 g/mol. The van der Waals surface area contributed by atoms with Gasteiger partial charge >= 0.3 is 5.97 Å². The van der Waals surface area contributed by atoms with E-state index in [1.807, 2.05) is 52.8 Å². The van der Waals surface area contributed by atoms with Gasteiger partial charge in [-0.2, -0.15) is 0 Å². The fourth-order valence-corrected chi connectivity index (χ4v) is 5.38. The molecule has 2 aromatic rings. The number of amidine groups is 1. The zero-order valence-electron chi connectivity index (χ0n) is 22.0. The van der Waals surface area contributed by atoms with Crippen LogP contribution in [0.1, 0.15) is 30.5 Å². The van der Waals surface area contributed by atoms with E-state index >= 15 is 0 Å². The molecule has 2 aromatic carbocycles. The van der Waals surface area contributed by atoms with Gasteiger partial charge in [0.2, 0.25) is 5.91 Å². The van der Waals surface area contributed by atoms with Crippen LogP contribution >= 0.6 is 11.8 Å². The quantitative estimate of drug-likeness (QED) is 0.312. The van der Waals surface area contributed by atoms with E-state index < -0.39 is 12.0 Å².